The summed E-state index contributed by atoms with van der Waals surface area (Å²) >= 11 is 0. The molecule has 0 aliphatic carbocycles. The Morgan fingerprint density at radius 2 is 2.08 bits per heavy atom. The fraction of sp³-hybridized carbons (Fsp3) is 0.412. The number of hydrogen-bond donors (Lipinski definition) is 2. The third-order valence-corrected chi connectivity index (χ3v) is 4.01. The zero-order valence-corrected chi connectivity index (χ0v) is 14.6. The van der Waals surface area contributed by atoms with Gasteiger partial charge in [0, 0.05) is 12.2 Å². The number of H-pyrrole nitrogens is 1. The van der Waals surface area contributed by atoms with Gasteiger partial charge in [0.25, 0.3) is 5.91 Å². The molecule has 0 aromatic carbocycles. The van der Waals surface area contributed by atoms with E-state index in [2.05, 4.69) is 10.3 Å². The molecule has 24 heavy (non-hydrogen) atoms. The number of methoxy groups -OCH3 is 1. The Balaban J connectivity index is 2.14. The molecule has 0 fully saturated rings. The van der Waals surface area contributed by atoms with Crippen LogP contribution in [0.2, 0.25) is 0 Å². The molecular weight excluding hydrogens is 310 g/mol. The molecule has 2 N–H and O–H groups in total. The molecule has 0 unspecified atom stereocenters. The largest absolute Gasteiger partial charge is 0.468 e. The number of aromatic amines is 1. The molecule has 0 radical (unpaired) electrons. The molecule has 2 aromatic rings. The summed E-state index contributed by atoms with van der Waals surface area (Å²) in [4.78, 5) is 29.2. The highest BCUT2D eigenvalue weighted by molar-refractivity contribution is 6.00. The first-order valence-corrected chi connectivity index (χ1v) is 7.62. The minimum absolute atomic E-state index is 0.0830. The van der Waals surface area contributed by atoms with Gasteiger partial charge in [-0.15, -0.1) is 0 Å². The normalized spacial score (nSPS) is 12.2. The minimum atomic E-state index is -0.456. The van der Waals surface area contributed by atoms with Crippen LogP contribution in [-0.4, -0.2) is 49.5 Å². The van der Waals surface area contributed by atoms with E-state index in [0.717, 1.165) is 5.76 Å². The number of furan rings is 1. The van der Waals surface area contributed by atoms with Crippen LogP contribution in [0.1, 0.15) is 43.9 Å². The zero-order chi connectivity index (χ0) is 17.9. The molecule has 0 spiro atoms. The fourth-order valence-corrected chi connectivity index (χ4v) is 2.68. The lowest BCUT2D eigenvalue weighted by atomic mass is 10.1. The molecule has 7 nitrogen and oxygen atoms in total. The third kappa shape index (κ3) is 3.51. The smallest absolute Gasteiger partial charge is 0.339 e. The molecule has 2 heterocycles. The zero-order valence-electron chi connectivity index (χ0n) is 14.6. The van der Waals surface area contributed by atoms with Crippen LogP contribution in [0, 0.1) is 13.8 Å². The molecular formula is C17H23N3O4. The Bertz CT molecular complexity index is 717. The molecule has 1 atom stereocenters. The van der Waals surface area contributed by atoms with Gasteiger partial charge in [0.2, 0.25) is 0 Å². The van der Waals surface area contributed by atoms with Gasteiger partial charge in [-0.3, -0.25) is 9.69 Å². The van der Waals surface area contributed by atoms with Crippen LogP contribution in [0.3, 0.4) is 0 Å². The lowest BCUT2D eigenvalue weighted by molar-refractivity contribution is 0.0599. The number of rotatable bonds is 6. The molecule has 2 aromatic heterocycles. The van der Waals surface area contributed by atoms with Crippen molar-refractivity contribution in [3.63, 3.8) is 0 Å². The second-order valence-corrected chi connectivity index (χ2v) is 5.82. The molecule has 0 saturated heterocycles. The van der Waals surface area contributed by atoms with Gasteiger partial charge in [-0.2, -0.15) is 0 Å². The van der Waals surface area contributed by atoms with Gasteiger partial charge in [0.1, 0.15) is 11.5 Å². The molecule has 7 heteroatoms. The summed E-state index contributed by atoms with van der Waals surface area (Å²) in [7, 11) is 5.15. The Morgan fingerprint density at radius 1 is 1.38 bits per heavy atom. The van der Waals surface area contributed by atoms with E-state index in [4.69, 9.17) is 9.15 Å². The lowest BCUT2D eigenvalue weighted by Crippen LogP contribution is -2.34. The van der Waals surface area contributed by atoms with Crippen LogP contribution in [0.25, 0.3) is 0 Å². The minimum Gasteiger partial charge on any atom is -0.468 e. The highest BCUT2D eigenvalue weighted by atomic mass is 16.5. The highest BCUT2D eigenvalue weighted by Crippen LogP contribution is 2.20. The van der Waals surface area contributed by atoms with E-state index in [1.54, 1.807) is 20.1 Å². The number of hydrogen-bond acceptors (Lipinski definition) is 5. The standard InChI is InChI=1S/C17H23N3O4/c1-10-14(17(22)23-5)11(2)19-15(10)16(21)18-9-12(20(3)4)13-7-6-8-24-13/h6-8,12,19H,9H2,1-5H3,(H,18,21)/t12-/m0/s1. The van der Waals surface area contributed by atoms with E-state index < -0.39 is 5.97 Å². The number of likely N-dealkylation sites (N-methyl/N-ethyl adjacent to an activating group) is 1. The summed E-state index contributed by atoms with van der Waals surface area (Å²) in [6.07, 6.45) is 1.61. The van der Waals surface area contributed by atoms with Crippen LogP contribution in [0.4, 0.5) is 0 Å². The topological polar surface area (TPSA) is 87.6 Å². The van der Waals surface area contributed by atoms with E-state index >= 15 is 0 Å². The van der Waals surface area contributed by atoms with Crippen LogP contribution in [0.15, 0.2) is 22.8 Å². The van der Waals surface area contributed by atoms with Crippen molar-refractivity contribution in [2.75, 3.05) is 27.7 Å². The third-order valence-electron chi connectivity index (χ3n) is 4.01. The van der Waals surface area contributed by atoms with Gasteiger partial charge in [0.05, 0.1) is 25.0 Å². The van der Waals surface area contributed by atoms with E-state index in [9.17, 15) is 9.59 Å². The quantitative estimate of drug-likeness (QED) is 0.790. The number of esters is 1. The molecule has 0 saturated carbocycles. The maximum Gasteiger partial charge on any atom is 0.339 e. The number of aromatic nitrogens is 1. The number of amides is 1. The highest BCUT2D eigenvalue weighted by Gasteiger charge is 2.24. The van der Waals surface area contributed by atoms with E-state index in [1.165, 1.54) is 7.11 Å². The Morgan fingerprint density at radius 3 is 2.62 bits per heavy atom. The molecule has 0 bridgehead atoms. The Labute approximate surface area is 141 Å². The first kappa shape index (κ1) is 17.8. The number of nitrogens with zero attached hydrogens (tertiary/aromatic N) is 1. The van der Waals surface area contributed by atoms with Crippen molar-refractivity contribution >= 4 is 11.9 Å². The molecule has 1 amide bonds. The van der Waals surface area contributed by atoms with E-state index in [0.29, 0.717) is 29.1 Å². The Hall–Kier alpha value is -2.54. The number of carbonyl (C=O) groups excluding carboxylic acids is 2. The molecule has 2 rings (SSSR count). The van der Waals surface area contributed by atoms with Crippen molar-refractivity contribution in [2.24, 2.45) is 0 Å². The summed E-state index contributed by atoms with van der Waals surface area (Å²) in [5.41, 5.74) is 1.96. The second-order valence-electron chi connectivity index (χ2n) is 5.82. The maximum absolute atomic E-state index is 12.5. The van der Waals surface area contributed by atoms with Crippen molar-refractivity contribution in [3.05, 3.63) is 46.7 Å². The van der Waals surface area contributed by atoms with Gasteiger partial charge in [-0.1, -0.05) is 0 Å². The SMILES string of the molecule is COC(=O)c1c(C)[nH]c(C(=O)NC[C@@H](c2ccco2)N(C)C)c1C. The number of carbonyl (C=O) groups is 2. The Kier molecular flexibility index (Phi) is 5.46. The predicted molar refractivity (Wildman–Crippen MR) is 89.1 cm³/mol. The van der Waals surface area contributed by atoms with Crippen molar-refractivity contribution < 1.29 is 18.7 Å². The number of nitrogens with one attached hydrogen (secondary N) is 2. The fourth-order valence-electron chi connectivity index (χ4n) is 2.68. The van der Waals surface area contributed by atoms with Crippen LogP contribution in [0.5, 0.6) is 0 Å². The van der Waals surface area contributed by atoms with Gasteiger partial charge in [-0.25, -0.2) is 4.79 Å². The lowest BCUT2D eigenvalue weighted by Gasteiger charge is -2.22. The summed E-state index contributed by atoms with van der Waals surface area (Å²) in [6, 6.07) is 3.60. The number of ether oxygens (including phenoxy) is 1. The van der Waals surface area contributed by atoms with Crippen LogP contribution in [-0.2, 0) is 4.74 Å². The summed E-state index contributed by atoms with van der Waals surface area (Å²) in [6.45, 7) is 3.84. The first-order valence-electron chi connectivity index (χ1n) is 7.62. The van der Waals surface area contributed by atoms with Crippen LogP contribution >= 0.6 is 0 Å². The van der Waals surface area contributed by atoms with Crippen molar-refractivity contribution in [1.82, 2.24) is 15.2 Å². The van der Waals surface area contributed by atoms with Gasteiger partial charge in [0.15, 0.2) is 0 Å². The molecule has 130 valence electrons. The van der Waals surface area contributed by atoms with Gasteiger partial charge in [-0.05, 0) is 45.6 Å². The van der Waals surface area contributed by atoms with Gasteiger partial charge >= 0.3 is 5.97 Å². The van der Waals surface area contributed by atoms with Crippen molar-refractivity contribution in [3.8, 4) is 0 Å². The monoisotopic (exact) mass is 333 g/mol. The number of aryl methyl sites for hydroxylation is 1. The summed E-state index contributed by atoms with van der Waals surface area (Å²) < 4.78 is 10.2. The predicted octanol–water partition coefficient (Wildman–Crippen LogP) is 2.04. The maximum atomic E-state index is 12.5. The van der Waals surface area contributed by atoms with E-state index in [-0.39, 0.29) is 11.9 Å². The average Bonchev–Trinajstić information content (AvgIpc) is 3.15. The van der Waals surface area contributed by atoms with Crippen LogP contribution < -0.4 is 5.32 Å². The average molecular weight is 333 g/mol. The molecule has 0 aliphatic heterocycles. The molecule has 0 aliphatic rings. The van der Waals surface area contributed by atoms with E-state index in [1.807, 2.05) is 31.1 Å². The second kappa shape index (κ2) is 7.35. The van der Waals surface area contributed by atoms with Gasteiger partial charge < -0.3 is 19.5 Å². The van der Waals surface area contributed by atoms with Crippen molar-refractivity contribution in [1.29, 1.82) is 0 Å². The summed E-state index contributed by atoms with van der Waals surface area (Å²) in [5.74, 6) is 0.0427. The van der Waals surface area contributed by atoms with Crippen molar-refractivity contribution in [2.45, 2.75) is 19.9 Å². The summed E-state index contributed by atoms with van der Waals surface area (Å²) in [5, 5.41) is 2.88. The first-order chi connectivity index (χ1) is 11.4.